The molecule has 0 spiro atoms. The fraction of sp³-hybridized carbons (Fsp3) is 0.263. The number of methoxy groups -OCH3 is 2. The monoisotopic (exact) mass is 394 g/mol. The van der Waals surface area contributed by atoms with Gasteiger partial charge in [-0.1, -0.05) is 23.4 Å². The van der Waals surface area contributed by atoms with Gasteiger partial charge in [-0.05, 0) is 24.3 Å². The molecule has 0 aliphatic heterocycles. The highest BCUT2D eigenvalue weighted by atomic mass is 19.3. The molecule has 0 saturated carbocycles. The molecule has 2 aromatic rings. The van der Waals surface area contributed by atoms with E-state index in [0.29, 0.717) is 17.9 Å². The molecule has 2 aromatic carbocycles. The van der Waals surface area contributed by atoms with Crippen molar-refractivity contribution in [2.75, 3.05) is 20.8 Å². The lowest BCUT2D eigenvalue weighted by Crippen LogP contribution is -2.26. The largest absolute Gasteiger partial charge is 0.496 e. The topological polar surface area (TPSA) is 78.4 Å². The van der Waals surface area contributed by atoms with Crippen molar-refractivity contribution in [3.05, 3.63) is 53.6 Å². The second-order valence-electron chi connectivity index (χ2n) is 5.39. The van der Waals surface area contributed by atoms with Gasteiger partial charge in [-0.25, -0.2) is 0 Å². The van der Waals surface area contributed by atoms with Gasteiger partial charge in [0.25, 0.3) is 5.91 Å². The second-order valence-corrected chi connectivity index (χ2v) is 5.39. The predicted octanol–water partition coefficient (Wildman–Crippen LogP) is 2.97. The fourth-order valence-electron chi connectivity index (χ4n) is 2.25. The van der Waals surface area contributed by atoms with Crippen LogP contribution in [0.15, 0.2) is 47.6 Å². The van der Waals surface area contributed by atoms with Crippen LogP contribution in [-0.2, 0) is 16.2 Å². The van der Waals surface area contributed by atoms with E-state index in [2.05, 4.69) is 15.2 Å². The van der Waals surface area contributed by atoms with E-state index in [1.807, 2.05) is 18.2 Å². The Kier molecular flexibility index (Phi) is 8.01. The number of carbonyl (C=O) groups is 1. The van der Waals surface area contributed by atoms with E-state index < -0.39 is 6.61 Å². The zero-order valence-electron chi connectivity index (χ0n) is 15.4. The van der Waals surface area contributed by atoms with Gasteiger partial charge in [0.05, 0.1) is 20.4 Å². The van der Waals surface area contributed by atoms with Gasteiger partial charge in [0, 0.05) is 17.7 Å². The van der Waals surface area contributed by atoms with Crippen molar-refractivity contribution in [2.45, 2.75) is 13.2 Å². The van der Waals surface area contributed by atoms with E-state index in [0.717, 1.165) is 5.56 Å². The van der Waals surface area contributed by atoms with Gasteiger partial charge in [0.15, 0.2) is 18.1 Å². The summed E-state index contributed by atoms with van der Waals surface area (Å²) in [5.74, 6) is 0.348. The minimum atomic E-state index is -2.95. The van der Waals surface area contributed by atoms with Gasteiger partial charge in [-0.15, -0.1) is 0 Å². The molecule has 0 unspecified atom stereocenters. The lowest BCUT2D eigenvalue weighted by Gasteiger charge is -2.10. The first-order valence-corrected chi connectivity index (χ1v) is 8.20. The quantitative estimate of drug-likeness (QED) is 0.495. The third kappa shape index (κ3) is 6.42. The number of nitrogens with one attached hydrogen (secondary N) is 1. The number of oxime groups is 1. The van der Waals surface area contributed by atoms with E-state index in [-0.39, 0.29) is 24.0 Å². The zero-order valence-corrected chi connectivity index (χ0v) is 15.4. The van der Waals surface area contributed by atoms with Crippen molar-refractivity contribution in [3.63, 3.8) is 0 Å². The molecule has 0 atom stereocenters. The van der Waals surface area contributed by atoms with Crippen LogP contribution >= 0.6 is 0 Å². The summed E-state index contributed by atoms with van der Waals surface area (Å²) in [4.78, 5) is 16.8. The van der Waals surface area contributed by atoms with E-state index in [4.69, 9.17) is 14.3 Å². The van der Waals surface area contributed by atoms with Gasteiger partial charge in [-0.2, -0.15) is 8.78 Å². The van der Waals surface area contributed by atoms with Gasteiger partial charge in [0.2, 0.25) is 0 Å². The average Bonchev–Trinajstić information content (AvgIpc) is 2.70. The summed E-state index contributed by atoms with van der Waals surface area (Å²) in [6.07, 6.45) is 1.32. The van der Waals surface area contributed by atoms with Crippen molar-refractivity contribution in [3.8, 4) is 17.2 Å². The number of benzene rings is 2. The minimum Gasteiger partial charge on any atom is -0.496 e. The summed E-state index contributed by atoms with van der Waals surface area (Å²) < 4.78 is 39.1. The highest BCUT2D eigenvalue weighted by molar-refractivity contribution is 5.81. The van der Waals surface area contributed by atoms with Crippen LogP contribution < -0.4 is 19.5 Å². The normalized spacial score (nSPS) is 10.8. The first kappa shape index (κ1) is 20.9. The number of ether oxygens (including phenoxy) is 3. The highest BCUT2D eigenvalue weighted by Crippen LogP contribution is 2.28. The van der Waals surface area contributed by atoms with Crippen molar-refractivity contribution in [1.29, 1.82) is 0 Å². The fourth-order valence-corrected chi connectivity index (χ4v) is 2.25. The maximum atomic E-state index is 12.3. The van der Waals surface area contributed by atoms with Crippen molar-refractivity contribution in [2.24, 2.45) is 5.16 Å². The molecule has 1 N–H and O–H groups in total. The van der Waals surface area contributed by atoms with Crippen molar-refractivity contribution < 1.29 is 32.6 Å². The molecule has 28 heavy (non-hydrogen) atoms. The second kappa shape index (κ2) is 10.7. The maximum absolute atomic E-state index is 12.3. The molecule has 0 saturated heterocycles. The smallest absolute Gasteiger partial charge is 0.387 e. The van der Waals surface area contributed by atoms with Crippen LogP contribution in [0.3, 0.4) is 0 Å². The van der Waals surface area contributed by atoms with E-state index in [1.54, 1.807) is 13.2 Å². The zero-order chi connectivity index (χ0) is 20.4. The molecule has 0 aliphatic rings. The highest BCUT2D eigenvalue weighted by Gasteiger charge is 2.10. The lowest BCUT2D eigenvalue weighted by molar-refractivity contribution is -0.125. The number of para-hydroxylation sites is 1. The molecule has 0 bridgehead atoms. The molecular weight excluding hydrogens is 374 g/mol. The number of hydrogen-bond donors (Lipinski definition) is 1. The standard InChI is InChI=1S/C19H20F2N2O5/c1-25-15-6-4-3-5-14(15)11-22-18(24)12-27-23-10-13-7-8-16(28-19(20)21)17(9-13)26-2/h3-10,19H,11-12H2,1-2H3,(H,22,24)/b23-10+. The Balaban J connectivity index is 1.82. The van der Waals surface area contributed by atoms with E-state index >= 15 is 0 Å². The first-order chi connectivity index (χ1) is 13.5. The van der Waals surface area contributed by atoms with Crippen molar-refractivity contribution >= 4 is 12.1 Å². The summed E-state index contributed by atoms with van der Waals surface area (Å²) in [6, 6.07) is 11.6. The van der Waals surface area contributed by atoms with Gasteiger partial charge < -0.3 is 24.4 Å². The number of hydrogen-bond acceptors (Lipinski definition) is 6. The third-order valence-corrected chi connectivity index (χ3v) is 3.54. The SMILES string of the molecule is COc1ccccc1CNC(=O)CO/N=C/c1ccc(OC(F)F)c(OC)c1. The molecule has 0 aliphatic carbocycles. The van der Waals surface area contributed by atoms with Crippen LogP contribution in [0.2, 0.25) is 0 Å². The van der Waals surface area contributed by atoms with Crippen LogP contribution in [0.5, 0.6) is 17.2 Å². The maximum Gasteiger partial charge on any atom is 0.387 e. The number of alkyl halides is 2. The van der Waals surface area contributed by atoms with Crippen molar-refractivity contribution in [1.82, 2.24) is 5.32 Å². The number of nitrogens with zero attached hydrogens (tertiary/aromatic N) is 1. The van der Waals surface area contributed by atoms with Gasteiger partial charge in [-0.3, -0.25) is 4.79 Å². The van der Waals surface area contributed by atoms with Crippen LogP contribution in [0.4, 0.5) is 8.78 Å². The molecule has 7 nitrogen and oxygen atoms in total. The molecule has 0 radical (unpaired) electrons. The lowest BCUT2D eigenvalue weighted by atomic mass is 10.2. The average molecular weight is 394 g/mol. The molecule has 0 aromatic heterocycles. The van der Waals surface area contributed by atoms with Gasteiger partial charge in [0.1, 0.15) is 5.75 Å². The summed E-state index contributed by atoms with van der Waals surface area (Å²) in [5, 5.41) is 6.37. The third-order valence-electron chi connectivity index (χ3n) is 3.54. The van der Waals surface area contributed by atoms with E-state index in [1.165, 1.54) is 31.5 Å². The molecule has 2 rings (SSSR count). The van der Waals surface area contributed by atoms with Crippen LogP contribution in [0, 0.1) is 0 Å². The number of amides is 1. The Labute approximate surface area is 160 Å². The molecule has 1 amide bonds. The van der Waals surface area contributed by atoms with Crippen LogP contribution in [0.25, 0.3) is 0 Å². The summed E-state index contributed by atoms with van der Waals surface area (Å²) in [5.41, 5.74) is 1.35. The first-order valence-electron chi connectivity index (χ1n) is 8.20. The van der Waals surface area contributed by atoms with Crippen LogP contribution in [0.1, 0.15) is 11.1 Å². The summed E-state index contributed by atoms with van der Waals surface area (Å²) in [7, 11) is 2.89. The predicted molar refractivity (Wildman–Crippen MR) is 98.0 cm³/mol. The summed E-state index contributed by atoms with van der Waals surface area (Å²) in [6.45, 7) is -2.94. The van der Waals surface area contributed by atoms with Crippen LogP contribution in [-0.4, -0.2) is 39.6 Å². The molecule has 0 fully saturated rings. The number of carbonyl (C=O) groups excluding carboxylic acids is 1. The summed E-state index contributed by atoms with van der Waals surface area (Å²) >= 11 is 0. The molecule has 9 heteroatoms. The molecular formula is C19H20F2N2O5. The Hall–Kier alpha value is -3.36. The van der Waals surface area contributed by atoms with Gasteiger partial charge >= 0.3 is 6.61 Å². The Morgan fingerprint density at radius 3 is 2.57 bits per heavy atom. The minimum absolute atomic E-state index is 0.0914. The Bertz CT molecular complexity index is 815. The Morgan fingerprint density at radius 2 is 1.86 bits per heavy atom. The molecule has 150 valence electrons. The number of halogens is 2. The molecule has 0 heterocycles. The number of rotatable bonds is 10. The Morgan fingerprint density at radius 1 is 1.11 bits per heavy atom. The van der Waals surface area contributed by atoms with E-state index in [9.17, 15) is 13.6 Å².